The zero-order chi connectivity index (χ0) is 53.0. The number of fused-ring (bicyclic) bond motifs is 10. The maximum Gasteiger partial charge on any atom is 0.135 e. The second-order valence-corrected chi connectivity index (χ2v) is 22.5. The van der Waals surface area contributed by atoms with Gasteiger partial charge in [-0.2, -0.15) is 12.1 Å². The van der Waals surface area contributed by atoms with Gasteiger partial charge >= 0.3 is 0 Å². The number of benzene rings is 9. The summed E-state index contributed by atoms with van der Waals surface area (Å²) in [7, 11) is 0. The summed E-state index contributed by atoms with van der Waals surface area (Å²) in [5.74, 6) is 1.16. The average molecular weight is 1180 g/mol. The number of ether oxygens (including phenoxy) is 1. The summed E-state index contributed by atoms with van der Waals surface area (Å²) in [5, 5.41) is 9.06. The van der Waals surface area contributed by atoms with Crippen LogP contribution in [0.2, 0.25) is 0 Å². The van der Waals surface area contributed by atoms with E-state index in [0.717, 1.165) is 99.4 Å². The van der Waals surface area contributed by atoms with Crippen LogP contribution in [-0.2, 0) is 31.9 Å². The van der Waals surface area contributed by atoms with Crippen molar-refractivity contribution < 1.29 is 27.2 Å². The molecule has 13 rings (SSSR count). The van der Waals surface area contributed by atoms with Gasteiger partial charge in [-0.05, 0) is 135 Å². The van der Waals surface area contributed by atoms with Crippen LogP contribution in [0.25, 0.3) is 93.2 Å². The van der Waals surface area contributed by atoms with Crippen LogP contribution in [-0.4, -0.2) is 14.1 Å². The summed E-state index contributed by atoms with van der Waals surface area (Å²) in [4.78, 5) is 7.21. The smallest absolute Gasteiger partial charge is 0.135 e. The Kier molecular flexibility index (Phi) is 12.1. The molecule has 0 aliphatic carbocycles. The van der Waals surface area contributed by atoms with Crippen molar-refractivity contribution in [2.75, 3.05) is 4.90 Å². The molecule has 0 bridgehead atoms. The number of aromatic nitrogens is 3. The molecule has 382 valence electrons. The van der Waals surface area contributed by atoms with Gasteiger partial charge in [-0.15, -0.1) is 35.7 Å². The van der Waals surface area contributed by atoms with Crippen LogP contribution >= 0.6 is 0 Å². The molecule has 9 aromatic carbocycles. The Bertz CT molecular complexity index is 4380. The molecular weight excluding hydrogens is 1120 g/mol. The first-order valence-electron chi connectivity index (χ1n) is 26.8. The fraction of sp³-hybridized carbons (Fsp3) is 0.155. The first kappa shape index (κ1) is 48.5. The van der Waals surface area contributed by atoms with Crippen molar-refractivity contribution in [2.45, 2.75) is 72.1 Å². The largest absolute Gasteiger partial charge is 0.509 e. The third-order valence-electron chi connectivity index (χ3n) is 15.3. The zero-order valence-corrected chi connectivity index (χ0v) is 46.9. The van der Waals surface area contributed by atoms with Crippen LogP contribution in [0.4, 0.5) is 11.4 Å². The number of rotatable bonds is 7. The molecule has 0 atom stereocenters. The molecule has 77 heavy (non-hydrogen) atoms. The van der Waals surface area contributed by atoms with Crippen molar-refractivity contribution in [1.29, 1.82) is 0 Å². The molecule has 0 amide bonds. The molecule has 0 radical (unpaired) electrons. The Morgan fingerprint density at radius 2 is 1.16 bits per heavy atom. The van der Waals surface area contributed by atoms with E-state index in [1.807, 2.05) is 38.2 Å². The Balaban J connectivity index is 0.00000609. The summed E-state index contributed by atoms with van der Waals surface area (Å²) < 4.78 is 20.8. The van der Waals surface area contributed by atoms with E-state index >= 15 is 0 Å². The van der Waals surface area contributed by atoms with Crippen molar-refractivity contribution in [2.24, 2.45) is 0 Å². The van der Waals surface area contributed by atoms with Crippen molar-refractivity contribution in [3.63, 3.8) is 0 Å². The molecule has 0 fully saturated rings. The van der Waals surface area contributed by atoms with E-state index in [1.165, 1.54) is 21.9 Å². The van der Waals surface area contributed by atoms with Gasteiger partial charge in [0, 0.05) is 51.3 Å². The predicted molar refractivity (Wildman–Crippen MR) is 319 cm³/mol. The first-order valence-corrected chi connectivity index (χ1v) is 26.3. The maximum atomic E-state index is 9.30. The molecule has 4 heterocycles. The summed E-state index contributed by atoms with van der Waals surface area (Å²) >= 11 is 0. The van der Waals surface area contributed by atoms with Crippen molar-refractivity contribution >= 4 is 76.5 Å². The van der Waals surface area contributed by atoms with E-state index in [1.54, 1.807) is 0 Å². The quantitative estimate of drug-likeness (QED) is 0.149. The van der Waals surface area contributed by atoms with Crippen molar-refractivity contribution in [1.82, 2.24) is 14.1 Å². The fourth-order valence-electron chi connectivity index (χ4n) is 11.3. The van der Waals surface area contributed by atoms with Gasteiger partial charge < -0.3 is 18.8 Å². The van der Waals surface area contributed by atoms with E-state index in [-0.39, 0.29) is 31.9 Å². The second kappa shape index (κ2) is 19.2. The topological polar surface area (TPSA) is 35.2 Å². The molecule has 6 heteroatoms. The molecule has 12 aromatic rings. The minimum absolute atomic E-state index is 0. The Morgan fingerprint density at radius 1 is 0.519 bits per heavy atom. The Labute approximate surface area is 467 Å². The van der Waals surface area contributed by atoms with Gasteiger partial charge in [0.15, 0.2) is 0 Å². The summed E-state index contributed by atoms with van der Waals surface area (Å²) in [6, 6.07) is 76.9. The third-order valence-corrected chi connectivity index (χ3v) is 15.3. The number of nitrogens with zero attached hydrogens (tertiary/aromatic N) is 4. The van der Waals surface area contributed by atoms with E-state index in [9.17, 15) is 1.37 Å². The summed E-state index contributed by atoms with van der Waals surface area (Å²) in [6.45, 7) is 19.7. The van der Waals surface area contributed by atoms with E-state index < -0.39 is 5.89 Å². The third kappa shape index (κ3) is 8.72. The Morgan fingerprint density at radius 3 is 1.86 bits per heavy atom. The molecule has 0 unspecified atom stereocenters. The summed E-state index contributed by atoms with van der Waals surface area (Å²) in [6.07, 6.45) is 1.91. The number of hydrogen-bond donors (Lipinski definition) is 0. The Hall–Kier alpha value is -8.11. The predicted octanol–water partition coefficient (Wildman–Crippen LogP) is 19.3. The van der Waals surface area contributed by atoms with Gasteiger partial charge in [-0.1, -0.05) is 206 Å². The fourth-order valence-corrected chi connectivity index (χ4v) is 11.3. The van der Waals surface area contributed by atoms with Crippen LogP contribution < -0.4 is 9.64 Å². The molecule has 3 aromatic heterocycles. The van der Waals surface area contributed by atoms with Crippen LogP contribution in [0.5, 0.6) is 11.5 Å². The van der Waals surface area contributed by atoms with Crippen LogP contribution in [0.1, 0.15) is 79.3 Å². The zero-order valence-electron chi connectivity index (χ0n) is 45.6. The molecular formula is C71H59N4OPt-3. The van der Waals surface area contributed by atoms with Gasteiger partial charge in [0.05, 0.1) is 0 Å². The molecule has 0 saturated heterocycles. The number of para-hydroxylation sites is 2. The molecule has 0 spiro atoms. The number of anilines is 2. The normalized spacial score (nSPS) is 12.8. The van der Waals surface area contributed by atoms with Gasteiger partial charge in [-0.3, -0.25) is 0 Å². The van der Waals surface area contributed by atoms with Crippen LogP contribution in [0.15, 0.2) is 200 Å². The molecule has 0 N–H and O–H groups in total. The molecule has 5 nitrogen and oxygen atoms in total. The van der Waals surface area contributed by atoms with E-state index in [2.05, 4.69) is 250 Å². The summed E-state index contributed by atoms with van der Waals surface area (Å²) in [5.41, 5.74) is 13.5. The minimum atomic E-state index is -0.812. The van der Waals surface area contributed by atoms with Crippen LogP contribution in [0, 0.1) is 18.8 Å². The standard InChI is InChI=1S/C71H59N4O.Pt/c1-45(2)48-37-49(39-51(38-48)71(6,7)8)55-27-17-28-61-58-25-14-12-23-56(58)57-24-13-15-26-59(57)62-29-18-30-65-69(62)74(68(55)61)44-73(65)52-21-16-22-53(42-52)76-54-32-33-60-63-40-47(46-19-10-9-11-20-46)31-34-64(63)75(66(60)43-54)67-41-50(35-36-72-67)70(3,4)5;/h9-41,44-45H,1-8H3;/q-3;/i45D;. The molecule has 1 aliphatic heterocycles. The van der Waals surface area contributed by atoms with E-state index in [4.69, 9.17) is 9.72 Å². The van der Waals surface area contributed by atoms with Gasteiger partial charge in [0.2, 0.25) is 0 Å². The molecule has 0 saturated carbocycles. The van der Waals surface area contributed by atoms with Gasteiger partial charge in [0.1, 0.15) is 5.82 Å². The van der Waals surface area contributed by atoms with E-state index in [0.29, 0.717) is 11.5 Å². The van der Waals surface area contributed by atoms with Crippen LogP contribution in [0.3, 0.4) is 0 Å². The van der Waals surface area contributed by atoms with Crippen molar-refractivity contribution in [3.05, 3.63) is 236 Å². The molecule has 1 aliphatic rings. The maximum absolute atomic E-state index is 9.30. The van der Waals surface area contributed by atoms with Gasteiger partial charge in [-0.25, -0.2) is 4.98 Å². The number of hydrogen-bond acceptors (Lipinski definition) is 3. The van der Waals surface area contributed by atoms with Crippen molar-refractivity contribution in [3.8, 4) is 39.6 Å². The first-order chi connectivity index (χ1) is 37.1. The average Bonchev–Trinajstić information content (AvgIpc) is 4.20. The van der Waals surface area contributed by atoms with Gasteiger partial charge in [0.25, 0.3) is 0 Å². The monoisotopic (exact) mass is 1180 g/mol. The minimum Gasteiger partial charge on any atom is -0.509 e. The second-order valence-electron chi connectivity index (χ2n) is 22.5. The number of pyridine rings is 1. The SMILES string of the molecule is [2H]C(C)(C)c1cc(-c2cccc3c4ccccc4c4ccccc4c4cccc5c4n(c23)[CH-]N5c2[c-]c(Oc3[c-]c4c(cc3)c3cc(-c5ccccc5)ccc3n4-c3cc(C(C)(C)C)ccn3)ccc2)cc(C(C)(C)C)c1.[Pt].